The predicted octanol–water partition coefficient (Wildman–Crippen LogP) is 38.9. The zero-order valence-electron chi connectivity index (χ0n) is 76.0. The largest absolute Gasteiger partial charge is 0.0622 e. The molecule has 0 aliphatic heterocycles. The van der Waals surface area contributed by atoms with Gasteiger partial charge in [-0.1, -0.05) is 540 Å². The zero-order chi connectivity index (χ0) is 91.4. The van der Waals surface area contributed by atoms with Crippen molar-refractivity contribution < 1.29 is 0 Å². The van der Waals surface area contributed by atoms with Gasteiger partial charge >= 0.3 is 0 Å². The van der Waals surface area contributed by atoms with Crippen molar-refractivity contribution in [2.24, 2.45) is 0 Å². The predicted molar refractivity (Wildman–Crippen MR) is 595 cm³/mol. The van der Waals surface area contributed by atoms with Gasteiger partial charge in [-0.05, 0) is 269 Å². The molecule has 0 fully saturated rings. The Morgan fingerprint density at radius 3 is 0.536 bits per heavy atom. The molecular weight excluding hydrogens is 1660 g/mol. The Bertz CT molecular complexity index is 9220. The van der Waals surface area contributed by atoms with Crippen LogP contribution in [0.25, 0.3) is 263 Å². The van der Waals surface area contributed by atoms with E-state index in [2.05, 4.69) is 546 Å². The summed E-state index contributed by atoms with van der Waals surface area (Å²) in [6, 6.07) is 199. The van der Waals surface area contributed by atoms with Crippen molar-refractivity contribution in [2.45, 2.75) is 0 Å². The van der Waals surface area contributed by atoms with Gasteiger partial charge in [-0.15, -0.1) is 0 Å². The maximum absolute atomic E-state index is 2.31. The molecule has 0 spiro atoms. The summed E-state index contributed by atoms with van der Waals surface area (Å²) in [7, 11) is 0. The topological polar surface area (TPSA) is 0 Å². The third-order valence-corrected chi connectivity index (χ3v) is 28.4. The average molecular weight is 1750 g/mol. The van der Waals surface area contributed by atoms with E-state index in [1.165, 1.54) is 263 Å². The molecule has 0 saturated carbocycles. The molecule has 0 heteroatoms. The standard InChI is InChI=1S/C50H32.C46H30.C42H28/c1-3-17-37-33(13-1)15-11-25-41(37)43-32-31-39(40-19-5-6-20-42(40)43)35-27-29-36(30-28-35)49-45-21-7-9-23-47(45)50(48-24-10-8-22-46(48)49)44-26-12-16-34-14-2-4-18-38(34)44;1-2-13-31(14-3-1)36-29-30-37(39-19-7-6-18-38(36)39)33-25-27-34(28-26-33)45-41-20-8-10-22-43(41)46(44-23-11-9-21-42(44)45)40-24-12-16-32-15-4-5-17-35(32)40;1-2-12-29(13-3-1)33-16-10-17-34(28-33)30-24-26-32(27-25-30)41-37-19-6-8-21-39(37)42(40-22-9-7-20-38(40)41)36-23-11-15-31-14-4-5-18-35(31)36/h1-32H;1-30H;1-28H. The minimum absolute atomic E-state index is 1.22. The van der Waals surface area contributed by atoms with Crippen LogP contribution < -0.4 is 0 Å². The Morgan fingerprint density at radius 2 is 0.239 bits per heavy atom. The average Bonchev–Trinajstić information content (AvgIpc) is 0.733. The van der Waals surface area contributed by atoms with Gasteiger partial charge in [-0.3, -0.25) is 0 Å². The van der Waals surface area contributed by atoms with E-state index in [1.807, 2.05) is 0 Å². The van der Waals surface area contributed by atoms with Gasteiger partial charge in [0.05, 0.1) is 0 Å². The van der Waals surface area contributed by atoms with Crippen LogP contribution in [0.5, 0.6) is 0 Å². The van der Waals surface area contributed by atoms with Gasteiger partial charge in [0.2, 0.25) is 0 Å². The molecule has 0 saturated heterocycles. The smallest absolute Gasteiger partial charge is 0.00201 e. The Hall–Kier alpha value is -17.9. The van der Waals surface area contributed by atoms with E-state index in [0.717, 1.165) is 0 Å². The fourth-order valence-electron chi connectivity index (χ4n) is 22.2. The highest BCUT2D eigenvalue weighted by atomic mass is 14.3. The SMILES string of the molecule is c1ccc(-c2ccc(-c3ccc(-c4c5ccccc5c(-c5cccc6ccccc56)c5ccccc45)cc3)c3ccccc23)cc1.c1ccc(-c2cccc(-c3ccc(-c4c5ccccc5c(-c5cccc6ccccc56)c5ccccc45)cc3)c2)cc1.c1ccc2c(-c3ccc(-c4ccc(-c5c6ccccc6c(-c6cccc7ccccc67)c6ccccc56)cc4)c4ccccc34)cccc2c1. The van der Waals surface area contributed by atoms with Gasteiger partial charge in [-0.25, -0.2) is 0 Å². The second-order valence-electron chi connectivity index (χ2n) is 36.1. The van der Waals surface area contributed by atoms with E-state index < -0.39 is 0 Å². The highest BCUT2D eigenvalue weighted by Gasteiger charge is 2.24. The van der Waals surface area contributed by atoms with Crippen LogP contribution in [0.4, 0.5) is 0 Å². The van der Waals surface area contributed by atoms with Gasteiger partial charge in [-0.2, -0.15) is 0 Å². The lowest BCUT2D eigenvalue weighted by molar-refractivity contribution is 1.58. The summed E-state index contributed by atoms with van der Waals surface area (Å²) in [6.07, 6.45) is 0. The highest BCUT2D eigenvalue weighted by Crippen LogP contribution is 2.52. The minimum Gasteiger partial charge on any atom is -0.0622 e. The fraction of sp³-hybridized carbons (Fsp3) is 0. The molecule has 0 radical (unpaired) electrons. The van der Waals surface area contributed by atoms with Crippen molar-refractivity contribution in [3.8, 4) is 134 Å². The molecule has 0 N–H and O–H groups in total. The number of benzene rings is 27. The number of hydrogen-bond donors (Lipinski definition) is 0. The maximum atomic E-state index is 2.31. The summed E-state index contributed by atoms with van der Waals surface area (Å²) in [5.41, 5.74) is 30.2. The van der Waals surface area contributed by atoms with Crippen LogP contribution in [0.1, 0.15) is 0 Å². The second kappa shape index (κ2) is 35.5. The van der Waals surface area contributed by atoms with Crippen LogP contribution in [0.2, 0.25) is 0 Å². The maximum Gasteiger partial charge on any atom is -0.00201 e. The van der Waals surface area contributed by atoms with E-state index in [-0.39, 0.29) is 0 Å². The van der Waals surface area contributed by atoms with Crippen LogP contribution in [-0.2, 0) is 0 Å². The van der Waals surface area contributed by atoms with Crippen LogP contribution in [0.15, 0.2) is 546 Å². The molecular formula is C138H90. The van der Waals surface area contributed by atoms with Gasteiger partial charge in [0.25, 0.3) is 0 Å². The monoisotopic (exact) mass is 1750 g/mol. The third-order valence-electron chi connectivity index (χ3n) is 28.4. The molecule has 0 bridgehead atoms. The van der Waals surface area contributed by atoms with E-state index in [0.29, 0.717) is 0 Å². The van der Waals surface area contributed by atoms with Crippen molar-refractivity contribution in [1.82, 2.24) is 0 Å². The molecule has 0 nitrogen and oxygen atoms in total. The number of rotatable bonds is 12. The molecule has 0 atom stereocenters. The van der Waals surface area contributed by atoms with Gasteiger partial charge in [0.15, 0.2) is 0 Å². The lowest BCUT2D eigenvalue weighted by Gasteiger charge is -2.19. The Labute approximate surface area is 802 Å². The van der Waals surface area contributed by atoms with Crippen molar-refractivity contribution >= 4 is 129 Å². The molecule has 138 heavy (non-hydrogen) atoms. The highest BCUT2D eigenvalue weighted by molar-refractivity contribution is 6.27. The lowest BCUT2D eigenvalue weighted by atomic mass is 9.84. The summed E-state index contributed by atoms with van der Waals surface area (Å²) >= 11 is 0. The molecule has 0 amide bonds. The van der Waals surface area contributed by atoms with Crippen LogP contribution >= 0.6 is 0 Å². The Morgan fingerprint density at radius 1 is 0.0725 bits per heavy atom. The molecule has 0 aliphatic rings. The number of fused-ring (bicyclic) bond motifs is 12. The van der Waals surface area contributed by atoms with Gasteiger partial charge in [0, 0.05) is 0 Å². The quantitative estimate of drug-likeness (QED) is 0.107. The molecule has 0 aromatic heterocycles. The summed E-state index contributed by atoms with van der Waals surface area (Å²) in [5.74, 6) is 0. The summed E-state index contributed by atoms with van der Waals surface area (Å²) < 4.78 is 0. The number of hydrogen-bond acceptors (Lipinski definition) is 0. The first-order valence-corrected chi connectivity index (χ1v) is 47.8. The van der Waals surface area contributed by atoms with E-state index >= 15 is 0 Å². The molecule has 27 aromatic carbocycles. The fourth-order valence-corrected chi connectivity index (χ4v) is 22.2. The minimum atomic E-state index is 1.22. The summed E-state index contributed by atoms with van der Waals surface area (Å²) in [6.45, 7) is 0. The van der Waals surface area contributed by atoms with Crippen molar-refractivity contribution in [1.29, 1.82) is 0 Å². The van der Waals surface area contributed by atoms with Crippen molar-refractivity contribution in [2.75, 3.05) is 0 Å². The summed E-state index contributed by atoms with van der Waals surface area (Å²) in [4.78, 5) is 0. The van der Waals surface area contributed by atoms with E-state index in [4.69, 9.17) is 0 Å². The Kier molecular flexibility index (Phi) is 21.1. The molecule has 0 heterocycles. The van der Waals surface area contributed by atoms with Gasteiger partial charge in [0.1, 0.15) is 0 Å². The molecule has 642 valence electrons. The lowest BCUT2D eigenvalue weighted by Crippen LogP contribution is -1.92. The third kappa shape index (κ3) is 14.7. The first-order chi connectivity index (χ1) is 68.5. The first kappa shape index (κ1) is 82.0. The molecule has 0 aliphatic carbocycles. The molecule has 0 unspecified atom stereocenters. The molecule has 27 rings (SSSR count). The van der Waals surface area contributed by atoms with Crippen LogP contribution in [0.3, 0.4) is 0 Å². The van der Waals surface area contributed by atoms with Crippen LogP contribution in [0, 0.1) is 0 Å². The normalized spacial score (nSPS) is 11.5. The first-order valence-electron chi connectivity index (χ1n) is 47.8. The van der Waals surface area contributed by atoms with Gasteiger partial charge < -0.3 is 0 Å². The van der Waals surface area contributed by atoms with E-state index in [9.17, 15) is 0 Å². The summed E-state index contributed by atoms with van der Waals surface area (Å²) in [5, 5.41) is 30.5. The Balaban J connectivity index is 0.000000110. The molecule has 27 aromatic rings. The van der Waals surface area contributed by atoms with E-state index in [1.54, 1.807) is 0 Å². The second-order valence-corrected chi connectivity index (χ2v) is 36.1. The van der Waals surface area contributed by atoms with Crippen molar-refractivity contribution in [3.63, 3.8) is 0 Å². The van der Waals surface area contributed by atoms with Crippen molar-refractivity contribution in [3.05, 3.63) is 546 Å². The van der Waals surface area contributed by atoms with Crippen LogP contribution in [-0.4, -0.2) is 0 Å². The zero-order valence-corrected chi connectivity index (χ0v) is 76.0.